The molecule has 1 aliphatic carbocycles. The molecule has 0 aromatic rings. The Bertz CT molecular complexity index is 876. The molecule has 0 amide bonds. The van der Waals surface area contributed by atoms with Crippen molar-refractivity contribution >= 4 is 22.1 Å². The second-order valence-electron chi connectivity index (χ2n) is 8.21. The van der Waals surface area contributed by atoms with Crippen LogP contribution in [0, 0.1) is 5.92 Å². The van der Waals surface area contributed by atoms with E-state index in [-0.39, 0.29) is 0 Å². The molecule has 33 heavy (non-hydrogen) atoms. The van der Waals surface area contributed by atoms with Crippen molar-refractivity contribution in [2.75, 3.05) is 19.6 Å². The van der Waals surface area contributed by atoms with Gasteiger partial charge in [-0.25, -0.2) is 0 Å². The minimum Gasteiger partial charge on any atom is -0.404 e. The maximum atomic E-state index is 5.89. The minimum absolute atomic E-state index is 0.600. The van der Waals surface area contributed by atoms with Gasteiger partial charge in [0.2, 0.25) is 0 Å². The van der Waals surface area contributed by atoms with Crippen LogP contribution in [-0.4, -0.2) is 25.8 Å². The van der Waals surface area contributed by atoms with Gasteiger partial charge in [-0.15, -0.1) is 0 Å². The highest BCUT2D eigenvalue weighted by atomic mass is 79.9. The minimum atomic E-state index is 0.600. The average Bonchev–Trinajstić information content (AvgIpc) is 2.76. The topological polar surface area (TPSA) is 88.5 Å². The molecule has 1 rings (SSSR count). The summed E-state index contributed by atoms with van der Waals surface area (Å²) in [5.41, 5.74) is 17.1. The molecule has 0 bridgehead atoms. The van der Waals surface area contributed by atoms with E-state index in [4.69, 9.17) is 11.5 Å². The van der Waals surface area contributed by atoms with Crippen LogP contribution in [0.15, 0.2) is 99.1 Å². The second kappa shape index (κ2) is 16.1. The summed E-state index contributed by atoms with van der Waals surface area (Å²) in [6.07, 6.45) is 18.9. The van der Waals surface area contributed by atoms with Gasteiger partial charge in [-0.05, 0) is 68.9 Å². The Balaban J connectivity index is 2.74. The highest BCUT2D eigenvalue weighted by Crippen LogP contribution is 2.26. The zero-order valence-electron chi connectivity index (χ0n) is 20.3. The van der Waals surface area contributed by atoms with Crippen LogP contribution in [0.4, 0.5) is 0 Å². The third kappa shape index (κ3) is 11.2. The molecule has 0 unspecified atom stereocenters. The Morgan fingerprint density at radius 2 is 1.94 bits per heavy atom. The maximum Gasteiger partial charge on any atom is 0.0375 e. The van der Waals surface area contributed by atoms with Crippen LogP contribution in [0.3, 0.4) is 0 Å². The molecule has 1 saturated carbocycles. The van der Waals surface area contributed by atoms with E-state index in [1.807, 2.05) is 57.5 Å². The van der Waals surface area contributed by atoms with E-state index in [9.17, 15) is 0 Å². The molecule has 6 N–H and O–H groups in total. The number of allylic oxidation sites excluding steroid dienone is 8. The molecule has 0 heterocycles. The van der Waals surface area contributed by atoms with Crippen LogP contribution in [0.1, 0.15) is 40.0 Å². The van der Waals surface area contributed by atoms with Crippen molar-refractivity contribution in [2.45, 2.75) is 40.0 Å². The summed E-state index contributed by atoms with van der Waals surface area (Å²) in [5.74, 6) is 0.819. The summed E-state index contributed by atoms with van der Waals surface area (Å²) < 4.78 is 0.851. The van der Waals surface area contributed by atoms with E-state index in [1.165, 1.54) is 19.3 Å². The van der Waals surface area contributed by atoms with Crippen LogP contribution < -0.4 is 22.1 Å². The van der Waals surface area contributed by atoms with E-state index in [2.05, 4.69) is 44.7 Å². The van der Waals surface area contributed by atoms with Gasteiger partial charge in [0.1, 0.15) is 0 Å². The molecular weight excluding hydrogens is 474 g/mol. The first-order valence-corrected chi connectivity index (χ1v) is 12.1. The Labute approximate surface area is 208 Å². The molecule has 0 radical (unpaired) electrons. The van der Waals surface area contributed by atoms with Crippen molar-refractivity contribution in [3.05, 3.63) is 94.1 Å². The molecular formula is C27H40BrN5. The van der Waals surface area contributed by atoms with Crippen LogP contribution in [0.5, 0.6) is 0 Å². The SMILES string of the molecule is C=C/C(Br)=C(/C=C\C)C(=C/N)\C(=C)NC/C(C)=C/N=CC(=CC=C(C)N)CNCC1CCC1. The highest BCUT2D eigenvalue weighted by Gasteiger charge is 2.16. The molecule has 0 spiro atoms. The first-order valence-electron chi connectivity index (χ1n) is 11.3. The lowest BCUT2D eigenvalue weighted by molar-refractivity contribution is 0.305. The van der Waals surface area contributed by atoms with E-state index >= 15 is 0 Å². The van der Waals surface area contributed by atoms with Crippen molar-refractivity contribution in [3.63, 3.8) is 0 Å². The zero-order chi connectivity index (χ0) is 24.6. The highest BCUT2D eigenvalue weighted by molar-refractivity contribution is 9.11. The van der Waals surface area contributed by atoms with Crippen molar-refractivity contribution in [1.29, 1.82) is 0 Å². The number of nitrogens with two attached hydrogens (primary N) is 2. The fraction of sp³-hybridized carbons (Fsp3) is 0.370. The number of hydrogen-bond donors (Lipinski definition) is 4. The number of halogens is 1. The van der Waals surface area contributed by atoms with E-state index in [0.29, 0.717) is 6.54 Å². The average molecular weight is 515 g/mol. The lowest BCUT2D eigenvalue weighted by Crippen LogP contribution is -2.28. The largest absolute Gasteiger partial charge is 0.404 e. The van der Waals surface area contributed by atoms with Gasteiger partial charge in [0, 0.05) is 53.2 Å². The summed E-state index contributed by atoms with van der Waals surface area (Å²) >= 11 is 3.53. The summed E-state index contributed by atoms with van der Waals surface area (Å²) in [4.78, 5) is 4.51. The molecule has 5 nitrogen and oxygen atoms in total. The maximum absolute atomic E-state index is 5.89. The van der Waals surface area contributed by atoms with Crippen molar-refractivity contribution in [1.82, 2.24) is 10.6 Å². The van der Waals surface area contributed by atoms with Crippen LogP contribution in [0.25, 0.3) is 0 Å². The van der Waals surface area contributed by atoms with Gasteiger partial charge in [-0.2, -0.15) is 0 Å². The smallest absolute Gasteiger partial charge is 0.0375 e. The molecule has 6 heteroatoms. The Morgan fingerprint density at radius 3 is 2.48 bits per heavy atom. The van der Waals surface area contributed by atoms with Crippen molar-refractivity contribution in [2.24, 2.45) is 22.4 Å². The molecule has 0 atom stereocenters. The fourth-order valence-electron chi connectivity index (χ4n) is 3.08. The Morgan fingerprint density at radius 1 is 1.21 bits per heavy atom. The van der Waals surface area contributed by atoms with Gasteiger partial charge in [0.05, 0.1) is 0 Å². The normalized spacial score (nSPS) is 17.3. The van der Waals surface area contributed by atoms with Gasteiger partial charge in [0.15, 0.2) is 0 Å². The van der Waals surface area contributed by atoms with Gasteiger partial charge < -0.3 is 22.1 Å². The van der Waals surface area contributed by atoms with Crippen LogP contribution >= 0.6 is 15.9 Å². The molecule has 1 aliphatic rings. The molecule has 0 aromatic carbocycles. The molecule has 0 aromatic heterocycles. The first kappa shape index (κ1) is 28.5. The monoisotopic (exact) mass is 513 g/mol. The first-order chi connectivity index (χ1) is 15.8. The van der Waals surface area contributed by atoms with Gasteiger partial charge in [-0.1, -0.05) is 59.8 Å². The number of rotatable bonds is 14. The summed E-state index contributed by atoms with van der Waals surface area (Å²) in [7, 11) is 0. The van der Waals surface area contributed by atoms with Gasteiger partial charge >= 0.3 is 0 Å². The quantitative estimate of drug-likeness (QED) is 0.182. The standard InChI is InChI=1S/C27H40BrN5/c1-6-9-25(27(28)7-2)26(14-29)22(5)33-16-20(3)15-31-18-24(13-12-21(4)30)19-32-17-23-10-8-11-23/h6-7,9,12-15,18,23,32-33H,2,5,8,10-11,16-17,19,29-30H2,1,3-4H3/b9-6-,20-15+,21-12?,24-13?,26-14-,27-25+,31-18?. The molecule has 0 aliphatic heterocycles. The van der Waals surface area contributed by atoms with Crippen molar-refractivity contribution in [3.8, 4) is 0 Å². The number of aliphatic imine (C=N–C) groups is 1. The fourth-order valence-corrected chi connectivity index (χ4v) is 3.42. The molecule has 180 valence electrons. The predicted octanol–water partition coefficient (Wildman–Crippen LogP) is 5.50. The van der Waals surface area contributed by atoms with Gasteiger partial charge in [-0.3, -0.25) is 4.99 Å². The number of hydrogen-bond acceptors (Lipinski definition) is 5. The second-order valence-corrected chi connectivity index (χ2v) is 9.07. The molecule has 0 saturated heterocycles. The summed E-state index contributed by atoms with van der Waals surface area (Å²) in [6.45, 7) is 16.2. The Kier molecular flexibility index (Phi) is 13.9. The van der Waals surface area contributed by atoms with Gasteiger partial charge in [0.25, 0.3) is 0 Å². The van der Waals surface area contributed by atoms with E-state index < -0.39 is 0 Å². The predicted molar refractivity (Wildman–Crippen MR) is 149 cm³/mol. The lowest BCUT2D eigenvalue weighted by atomic mass is 9.85. The Hall–Kier alpha value is -2.57. The summed E-state index contributed by atoms with van der Waals surface area (Å²) in [5, 5.41) is 6.86. The third-order valence-corrected chi connectivity index (χ3v) is 5.97. The van der Waals surface area contributed by atoms with Crippen LogP contribution in [-0.2, 0) is 0 Å². The van der Waals surface area contributed by atoms with E-state index in [1.54, 1.807) is 12.3 Å². The zero-order valence-corrected chi connectivity index (χ0v) is 21.9. The van der Waals surface area contributed by atoms with Crippen molar-refractivity contribution < 1.29 is 0 Å². The summed E-state index contributed by atoms with van der Waals surface area (Å²) in [6, 6.07) is 0. The van der Waals surface area contributed by atoms with Crippen LogP contribution in [0.2, 0.25) is 0 Å². The number of nitrogens with zero attached hydrogens (tertiary/aromatic N) is 1. The van der Waals surface area contributed by atoms with E-state index in [0.717, 1.165) is 57.2 Å². The number of nitrogens with one attached hydrogen (secondary N) is 2. The lowest BCUT2D eigenvalue weighted by Gasteiger charge is -2.25. The molecule has 1 fully saturated rings. The third-order valence-electron chi connectivity index (χ3n) is 5.21.